The van der Waals surface area contributed by atoms with Gasteiger partial charge < -0.3 is 10.8 Å². The van der Waals surface area contributed by atoms with Gasteiger partial charge in [0.25, 0.3) is 0 Å². The van der Waals surface area contributed by atoms with E-state index in [-0.39, 0.29) is 17.0 Å². The SMILES string of the molecule is N#Cc1cc(O)cc(N)c1[N+](=O)[O-]. The number of hydrogen-bond acceptors (Lipinski definition) is 5. The normalized spacial score (nSPS) is 9.15. The van der Waals surface area contributed by atoms with Crippen LogP contribution in [0, 0.1) is 21.4 Å². The summed E-state index contributed by atoms with van der Waals surface area (Å²) >= 11 is 0. The number of phenols is 1. The molecule has 1 aromatic carbocycles. The number of hydrogen-bond donors (Lipinski definition) is 2. The monoisotopic (exact) mass is 179 g/mol. The van der Waals surface area contributed by atoms with Gasteiger partial charge in [0.1, 0.15) is 23.1 Å². The standard InChI is InChI=1S/C7H5N3O3/c8-3-4-1-5(11)2-6(9)7(4)10(12)13/h1-2,11H,9H2. The Kier molecular flexibility index (Phi) is 2.02. The quantitative estimate of drug-likeness (QED) is 0.375. The van der Waals surface area contributed by atoms with E-state index in [1.165, 1.54) is 0 Å². The zero-order chi connectivity index (χ0) is 10.0. The highest BCUT2D eigenvalue weighted by Crippen LogP contribution is 2.29. The molecule has 0 atom stereocenters. The molecule has 0 aliphatic heterocycles. The van der Waals surface area contributed by atoms with Gasteiger partial charge in [0.2, 0.25) is 0 Å². The second-order valence-electron chi connectivity index (χ2n) is 2.30. The number of aromatic hydroxyl groups is 1. The Hall–Kier alpha value is -2.29. The Balaban J connectivity index is 3.50. The summed E-state index contributed by atoms with van der Waals surface area (Å²) in [5, 5.41) is 27.9. The fourth-order valence-corrected chi connectivity index (χ4v) is 0.930. The predicted octanol–water partition coefficient (Wildman–Crippen LogP) is 0.754. The Morgan fingerprint density at radius 1 is 1.62 bits per heavy atom. The molecule has 0 heterocycles. The number of benzene rings is 1. The van der Waals surface area contributed by atoms with E-state index in [0.717, 1.165) is 12.1 Å². The number of nitrogen functional groups attached to an aromatic ring is 1. The molecule has 1 rings (SSSR count). The molecule has 6 heteroatoms. The molecule has 0 bridgehead atoms. The maximum atomic E-state index is 10.4. The van der Waals surface area contributed by atoms with E-state index in [2.05, 4.69) is 0 Å². The predicted molar refractivity (Wildman–Crippen MR) is 43.9 cm³/mol. The van der Waals surface area contributed by atoms with Gasteiger partial charge in [-0.2, -0.15) is 5.26 Å². The van der Waals surface area contributed by atoms with Crippen molar-refractivity contribution >= 4 is 11.4 Å². The van der Waals surface area contributed by atoms with Crippen molar-refractivity contribution in [3.05, 3.63) is 27.8 Å². The van der Waals surface area contributed by atoms with Crippen LogP contribution in [-0.2, 0) is 0 Å². The lowest BCUT2D eigenvalue weighted by Crippen LogP contribution is -1.98. The van der Waals surface area contributed by atoms with Crippen LogP contribution in [0.5, 0.6) is 5.75 Å². The summed E-state index contributed by atoms with van der Waals surface area (Å²) in [5.41, 5.74) is 4.31. The van der Waals surface area contributed by atoms with Gasteiger partial charge >= 0.3 is 5.69 Å². The first kappa shape index (κ1) is 8.80. The van der Waals surface area contributed by atoms with Gasteiger partial charge in [-0.1, -0.05) is 0 Å². The molecule has 6 nitrogen and oxygen atoms in total. The van der Waals surface area contributed by atoms with Gasteiger partial charge in [0, 0.05) is 12.1 Å². The summed E-state index contributed by atoms with van der Waals surface area (Å²) < 4.78 is 0. The summed E-state index contributed by atoms with van der Waals surface area (Å²) in [6.45, 7) is 0. The molecule has 0 unspecified atom stereocenters. The van der Waals surface area contributed by atoms with E-state index in [4.69, 9.17) is 16.1 Å². The first-order valence-electron chi connectivity index (χ1n) is 3.23. The third-order valence-corrected chi connectivity index (χ3v) is 1.43. The lowest BCUT2D eigenvalue weighted by molar-refractivity contribution is -0.384. The Morgan fingerprint density at radius 2 is 2.23 bits per heavy atom. The summed E-state index contributed by atoms with van der Waals surface area (Å²) in [5.74, 6) is -0.264. The van der Waals surface area contributed by atoms with Crippen molar-refractivity contribution in [2.45, 2.75) is 0 Å². The van der Waals surface area contributed by atoms with Gasteiger partial charge in [-0.15, -0.1) is 0 Å². The van der Waals surface area contributed by atoms with Gasteiger partial charge in [-0.05, 0) is 0 Å². The summed E-state index contributed by atoms with van der Waals surface area (Å²) in [6, 6.07) is 3.60. The second kappa shape index (κ2) is 2.98. The van der Waals surface area contributed by atoms with Crippen molar-refractivity contribution in [2.24, 2.45) is 0 Å². The number of anilines is 1. The van der Waals surface area contributed by atoms with Crippen LogP contribution in [0.1, 0.15) is 5.56 Å². The van der Waals surface area contributed by atoms with E-state index >= 15 is 0 Å². The van der Waals surface area contributed by atoms with Crippen LogP contribution in [0.25, 0.3) is 0 Å². The third-order valence-electron chi connectivity index (χ3n) is 1.43. The van der Waals surface area contributed by atoms with Crippen molar-refractivity contribution < 1.29 is 10.0 Å². The van der Waals surface area contributed by atoms with Crippen molar-refractivity contribution in [2.75, 3.05) is 5.73 Å². The van der Waals surface area contributed by atoms with Gasteiger partial charge in [0.05, 0.1) is 4.92 Å². The van der Waals surface area contributed by atoms with E-state index < -0.39 is 10.6 Å². The van der Waals surface area contributed by atoms with Crippen LogP contribution in [0.4, 0.5) is 11.4 Å². The molecule has 0 fully saturated rings. The lowest BCUT2D eigenvalue weighted by atomic mass is 10.1. The molecular weight excluding hydrogens is 174 g/mol. The molecular formula is C7H5N3O3. The molecule has 0 amide bonds. The molecule has 0 radical (unpaired) electrons. The van der Waals surface area contributed by atoms with Gasteiger partial charge in [-0.25, -0.2) is 0 Å². The zero-order valence-electron chi connectivity index (χ0n) is 6.39. The largest absolute Gasteiger partial charge is 0.508 e. The van der Waals surface area contributed by atoms with Crippen LogP contribution in [0.15, 0.2) is 12.1 Å². The summed E-state index contributed by atoms with van der Waals surface area (Å²) in [4.78, 5) is 9.65. The number of rotatable bonds is 1. The Labute approximate surface area is 73.0 Å². The molecule has 0 aliphatic carbocycles. The van der Waals surface area contributed by atoms with Crippen LogP contribution in [0.3, 0.4) is 0 Å². The minimum absolute atomic E-state index is 0.221. The highest BCUT2D eigenvalue weighted by atomic mass is 16.6. The van der Waals surface area contributed by atoms with E-state index in [9.17, 15) is 10.1 Å². The first-order chi connectivity index (χ1) is 6.06. The Morgan fingerprint density at radius 3 is 2.69 bits per heavy atom. The molecule has 3 N–H and O–H groups in total. The number of nitro benzene ring substituents is 1. The molecule has 0 aliphatic rings. The van der Waals surface area contributed by atoms with E-state index in [0.29, 0.717) is 0 Å². The Bertz CT molecular complexity index is 408. The minimum atomic E-state index is -0.757. The number of nitrogens with two attached hydrogens (primary N) is 1. The number of nitro groups is 1. The average molecular weight is 179 g/mol. The molecule has 13 heavy (non-hydrogen) atoms. The molecule has 0 saturated carbocycles. The van der Waals surface area contributed by atoms with Gasteiger partial charge in [0.15, 0.2) is 0 Å². The van der Waals surface area contributed by atoms with E-state index in [1.54, 1.807) is 6.07 Å². The smallest absolute Gasteiger partial charge is 0.310 e. The lowest BCUT2D eigenvalue weighted by Gasteiger charge is -1.99. The topological polar surface area (TPSA) is 113 Å². The second-order valence-corrected chi connectivity index (χ2v) is 2.30. The van der Waals surface area contributed by atoms with Gasteiger partial charge in [-0.3, -0.25) is 10.1 Å². The maximum absolute atomic E-state index is 10.4. The molecule has 1 aromatic rings. The number of nitriles is 1. The molecule has 0 aromatic heterocycles. The molecule has 66 valence electrons. The van der Waals surface area contributed by atoms with Crippen LogP contribution < -0.4 is 5.73 Å². The van der Waals surface area contributed by atoms with Crippen molar-refractivity contribution in [1.82, 2.24) is 0 Å². The fraction of sp³-hybridized carbons (Fsp3) is 0. The first-order valence-corrected chi connectivity index (χ1v) is 3.23. The molecule has 0 spiro atoms. The summed E-state index contributed by atoms with van der Waals surface area (Å²) in [6.07, 6.45) is 0. The van der Waals surface area contributed by atoms with E-state index in [1.807, 2.05) is 0 Å². The van der Waals surface area contributed by atoms with Crippen molar-refractivity contribution in [3.63, 3.8) is 0 Å². The number of phenolic OH excluding ortho intramolecular Hbond substituents is 1. The highest BCUT2D eigenvalue weighted by molar-refractivity contribution is 5.68. The van der Waals surface area contributed by atoms with Crippen LogP contribution >= 0.6 is 0 Å². The zero-order valence-corrected chi connectivity index (χ0v) is 6.39. The average Bonchev–Trinajstić information content (AvgIpc) is 2.01. The molecule has 0 saturated heterocycles. The van der Waals surface area contributed by atoms with Crippen molar-refractivity contribution in [1.29, 1.82) is 5.26 Å². The number of nitrogens with zero attached hydrogens (tertiary/aromatic N) is 2. The van der Waals surface area contributed by atoms with Crippen molar-refractivity contribution in [3.8, 4) is 11.8 Å². The summed E-state index contributed by atoms with van der Waals surface area (Å²) in [7, 11) is 0. The highest BCUT2D eigenvalue weighted by Gasteiger charge is 2.18. The third kappa shape index (κ3) is 1.49. The minimum Gasteiger partial charge on any atom is -0.508 e. The maximum Gasteiger partial charge on any atom is 0.310 e. The fourth-order valence-electron chi connectivity index (χ4n) is 0.930. The van der Waals surface area contributed by atoms with Crippen LogP contribution in [0.2, 0.25) is 0 Å². The van der Waals surface area contributed by atoms with Crippen LogP contribution in [-0.4, -0.2) is 10.0 Å².